The number of hydrogen-bond donors (Lipinski definition) is 0. The number of furan rings is 1. The van der Waals surface area contributed by atoms with Gasteiger partial charge in [0.05, 0.1) is 11.1 Å². The number of fused-ring (bicyclic) bond motifs is 7. The maximum Gasteiger partial charge on any atom is 0.137 e. The monoisotopic (exact) mass is 810 g/mol. The summed E-state index contributed by atoms with van der Waals surface area (Å²) >= 11 is 1.88. The second kappa shape index (κ2) is 15.0. The van der Waals surface area contributed by atoms with Gasteiger partial charge in [-0.25, -0.2) is 0 Å². The normalized spacial score (nSPS) is 11.5. The molecular formula is C58H38N2OS. The highest BCUT2D eigenvalue weighted by molar-refractivity contribution is 7.26. The summed E-state index contributed by atoms with van der Waals surface area (Å²) in [7, 11) is 0. The van der Waals surface area contributed by atoms with Crippen LogP contribution < -0.4 is 9.80 Å². The van der Waals surface area contributed by atoms with E-state index < -0.39 is 0 Å². The highest BCUT2D eigenvalue weighted by Crippen LogP contribution is 2.48. The summed E-state index contributed by atoms with van der Waals surface area (Å²) in [5.74, 6) is 0. The van der Waals surface area contributed by atoms with Crippen LogP contribution >= 0.6 is 11.3 Å². The smallest absolute Gasteiger partial charge is 0.137 e. The lowest BCUT2D eigenvalue weighted by molar-refractivity contribution is 0.669. The van der Waals surface area contributed by atoms with Gasteiger partial charge in [0.25, 0.3) is 0 Å². The molecule has 0 saturated carbocycles. The van der Waals surface area contributed by atoms with Crippen molar-refractivity contribution >= 4 is 98.3 Å². The van der Waals surface area contributed by atoms with Crippen LogP contribution in [0.1, 0.15) is 0 Å². The van der Waals surface area contributed by atoms with Gasteiger partial charge < -0.3 is 14.2 Å². The van der Waals surface area contributed by atoms with Gasteiger partial charge in [-0.1, -0.05) is 146 Å². The predicted molar refractivity (Wildman–Crippen MR) is 264 cm³/mol. The maximum atomic E-state index is 6.35. The lowest BCUT2D eigenvalue weighted by Crippen LogP contribution is -2.10. The van der Waals surface area contributed by atoms with Crippen LogP contribution in [0.3, 0.4) is 0 Å². The summed E-state index contributed by atoms with van der Waals surface area (Å²) in [5, 5.41) is 7.21. The molecule has 0 aliphatic carbocycles. The van der Waals surface area contributed by atoms with Crippen LogP contribution in [0, 0.1) is 0 Å². The number of nitrogens with zero attached hydrogens (tertiary/aromatic N) is 2. The molecule has 0 atom stereocenters. The van der Waals surface area contributed by atoms with E-state index in [0.29, 0.717) is 0 Å². The number of thiophene rings is 1. The predicted octanol–water partition coefficient (Wildman–Crippen LogP) is 17.4. The molecule has 0 spiro atoms. The van der Waals surface area contributed by atoms with Crippen molar-refractivity contribution in [3.05, 3.63) is 231 Å². The zero-order valence-corrected chi connectivity index (χ0v) is 34.5. The summed E-state index contributed by atoms with van der Waals surface area (Å²) in [4.78, 5) is 4.71. The van der Waals surface area contributed by atoms with E-state index in [2.05, 4.69) is 228 Å². The van der Waals surface area contributed by atoms with Crippen molar-refractivity contribution in [3.8, 4) is 22.3 Å². The molecule has 0 saturated heterocycles. The maximum absolute atomic E-state index is 6.35. The summed E-state index contributed by atoms with van der Waals surface area (Å²) in [6.45, 7) is 0. The van der Waals surface area contributed by atoms with Crippen LogP contribution in [0.25, 0.3) is 75.1 Å². The standard InChI is InChI=1S/C58H38N2OS/c1-3-18-43(19-4-1)59(47-34-29-39-15-7-8-16-41(39)37-47)46-22-13-17-42(38-46)49-36-35-48(56-51-24-10-12-28-55(51)62-58(49)56)40-30-32-45(33-31-40)60(44-20-5-2-6-21-44)52-25-14-27-54-57(52)50-23-9-11-26-53(50)61-54/h1-38H. The molecule has 0 amide bonds. The van der Waals surface area contributed by atoms with Gasteiger partial charge in [0, 0.05) is 54.0 Å². The van der Waals surface area contributed by atoms with Crippen molar-refractivity contribution < 1.29 is 4.42 Å². The van der Waals surface area contributed by atoms with E-state index in [0.717, 1.165) is 56.1 Å². The zero-order valence-electron chi connectivity index (χ0n) is 33.7. The Morgan fingerprint density at radius 1 is 0.339 bits per heavy atom. The SMILES string of the molecule is c1ccc(N(c2cccc(-c3ccc(-c4ccc(N(c5ccccc5)c5cccc6oc7ccccc7c56)cc4)c4c3sc3ccccc34)c2)c2ccc3ccccc3c2)cc1. The number of rotatable bonds is 8. The molecule has 0 N–H and O–H groups in total. The van der Waals surface area contributed by atoms with Crippen molar-refractivity contribution in [1.82, 2.24) is 0 Å². The fourth-order valence-electron chi connectivity index (χ4n) is 9.19. The Balaban J connectivity index is 0.981. The van der Waals surface area contributed by atoms with Gasteiger partial charge in [-0.3, -0.25) is 0 Å². The van der Waals surface area contributed by atoms with Gasteiger partial charge >= 0.3 is 0 Å². The lowest BCUT2D eigenvalue weighted by Gasteiger charge is -2.26. The highest BCUT2D eigenvalue weighted by Gasteiger charge is 2.21. The van der Waals surface area contributed by atoms with Gasteiger partial charge in [-0.15, -0.1) is 11.3 Å². The molecule has 4 heteroatoms. The summed E-state index contributed by atoms with van der Waals surface area (Å²) in [6, 6.07) is 82.8. The van der Waals surface area contributed by atoms with Crippen molar-refractivity contribution in [2.75, 3.05) is 9.80 Å². The molecule has 292 valence electrons. The second-order valence-electron chi connectivity index (χ2n) is 15.7. The largest absolute Gasteiger partial charge is 0.456 e. The van der Waals surface area contributed by atoms with Gasteiger partial charge in [0.2, 0.25) is 0 Å². The third kappa shape index (κ3) is 6.11. The van der Waals surface area contributed by atoms with Crippen LogP contribution in [0.5, 0.6) is 0 Å². The van der Waals surface area contributed by atoms with E-state index in [1.807, 2.05) is 23.5 Å². The molecule has 3 nitrogen and oxygen atoms in total. The number of para-hydroxylation sites is 3. The quantitative estimate of drug-likeness (QED) is 0.152. The van der Waals surface area contributed by atoms with E-state index in [1.165, 1.54) is 53.2 Å². The van der Waals surface area contributed by atoms with Crippen LogP contribution in [-0.2, 0) is 0 Å². The first-order valence-electron chi connectivity index (χ1n) is 21.0. The third-order valence-electron chi connectivity index (χ3n) is 12.0. The van der Waals surface area contributed by atoms with Crippen LogP contribution in [0.15, 0.2) is 235 Å². The highest BCUT2D eigenvalue weighted by atomic mass is 32.1. The Morgan fingerprint density at radius 3 is 1.76 bits per heavy atom. The van der Waals surface area contributed by atoms with E-state index >= 15 is 0 Å². The van der Waals surface area contributed by atoms with E-state index in [-0.39, 0.29) is 0 Å². The van der Waals surface area contributed by atoms with Gasteiger partial charge in [-0.2, -0.15) is 0 Å². The minimum atomic E-state index is 0.875. The average Bonchev–Trinajstić information content (AvgIpc) is 3.92. The van der Waals surface area contributed by atoms with E-state index in [4.69, 9.17) is 4.42 Å². The minimum Gasteiger partial charge on any atom is -0.456 e. The second-order valence-corrected chi connectivity index (χ2v) is 16.7. The molecule has 2 aromatic heterocycles. The van der Waals surface area contributed by atoms with E-state index in [1.54, 1.807) is 0 Å². The first kappa shape index (κ1) is 36.0. The Hall–Kier alpha value is -7.92. The van der Waals surface area contributed by atoms with Crippen LogP contribution in [-0.4, -0.2) is 0 Å². The van der Waals surface area contributed by atoms with Gasteiger partial charge in [-0.05, 0) is 118 Å². The first-order chi connectivity index (χ1) is 30.7. The van der Waals surface area contributed by atoms with Gasteiger partial charge in [0.1, 0.15) is 11.2 Å². The molecule has 2 heterocycles. The summed E-state index contributed by atoms with van der Waals surface area (Å²) < 4.78 is 8.91. The number of hydrogen-bond acceptors (Lipinski definition) is 4. The minimum absolute atomic E-state index is 0.875. The average molecular weight is 811 g/mol. The molecule has 10 aromatic carbocycles. The molecule has 62 heavy (non-hydrogen) atoms. The fourth-order valence-corrected chi connectivity index (χ4v) is 10.4. The van der Waals surface area contributed by atoms with E-state index in [9.17, 15) is 0 Å². The molecule has 0 unspecified atom stereocenters. The molecule has 0 bridgehead atoms. The van der Waals surface area contributed by atoms with Crippen LogP contribution in [0.2, 0.25) is 0 Å². The summed E-state index contributed by atoms with van der Waals surface area (Å²) in [5.41, 5.74) is 13.2. The Labute approximate surface area is 363 Å². The molecular weight excluding hydrogens is 773 g/mol. The van der Waals surface area contributed by atoms with Crippen molar-refractivity contribution in [2.45, 2.75) is 0 Å². The third-order valence-corrected chi connectivity index (χ3v) is 13.2. The molecule has 0 fully saturated rings. The molecule has 0 aliphatic heterocycles. The lowest BCUT2D eigenvalue weighted by atomic mass is 9.94. The first-order valence-corrected chi connectivity index (χ1v) is 21.8. The number of anilines is 6. The topological polar surface area (TPSA) is 19.6 Å². The molecule has 12 rings (SSSR count). The number of benzene rings is 10. The van der Waals surface area contributed by atoms with Crippen molar-refractivity contribution in [1.29, 1.82) is 0 Å². The Morgan fingerprint density at radius 2 is 0.935 bits per heavy atom. The summed E-state index contributed by atoms with van der Waals surface area (Å²) in [6.07, 6.45) is 0. The van der Waals surface area contributed by atoms with Crippen LogP contribution in [0.4, 0.5) is 34.1 Å². The molecule has 12 aromatic rings. The Bertz CT molecular complexity index is 3590. The molecule has 0 aliphatic rings. The van der Waals surface area contributed by atoms with Gasteiger partial charge in [0.15, 0.2) is 0 Å². The Kier molecular flexibility index (Phi) is 8.68. The zero-order chi connectivity index (χ0) is 41.0. The van der Waals surface area contributed by atoms with Crippen molar-refractivity contribution in [3.63, 3.8) is 0 Å². The molecule has 0 radical (unpaired) electrons. The fraction of sp³-hybridized carbons (Fsp3) is 0. The van der Waals surface area contributed by atoms with Crippen molar-refractivity contribution in [2.24, 2.45) is 0 Å².